The highest BCUT2D eigenvalue weighted by Gasteiger charge is 2.12. The van der Waals surface area contributed by atoms with Crippen LogP contribution in [0.1, 0.15) is 28.1 Å². The third kappa shape index (κ3) is 4.11. The number of benzene rings is 2. The predicted octanol–water partition coefficient (Wildman–Crippen LogP) is 3.99. The molecule has 136 valence electrons. The van der Waals surface area contributed by atoms with Crippen LogP contribution in [-0.2, 0) is 19.6 Å². The number of ether oxygens (including phenoxy) is 1. The van der Waals surface area contributed by atoms with E-state index in [1.807, 2.05) is 29.8 Å². The molecule has 3 rings (SSSR count). The van der Waals surface area contributed by atoms with Gasteiger partial charge in [-0.25, -0.2) is 4.39 Å². The van der Waals surface area contributed by atoms with Crippen LogP contribution < -0.4 is 10.1 Å². The van der Waals surface area contributed by atoms with E-state index in [4.69, 9.17) is 4.74 Å². The number of hydrogen-bond donors (Lipinski definition) is 1. The van der Waals surface area contributed by atoms with Crippen LogP contribution in [0.4, 0.5) is 4.39 Å². The molecule has 26 heavy (non-hydrogen) atoms. The van der Waals surface area contributed by atoms with Crippen LogP contribution in [0.2, 0.25) is 0 Å². The number of methoxy groups -OCH3 is 1. The Hall–Kier alpha value is -2.66. The Kier molecular flexibility index (Phi) is 5.68. The number of halogens is 1. The fraction of sp³-hybridized carbons (Fsp3) is 0.286. The third-order valence-corrected chi connectivity index (χ3v) is 4.57. The Bertz CT molecular complexity index is 874. The Morgan fingerprint density at radius 2 is 1.85 bits per heavy atom. The van der Waals surface area contributed by atoms with Crippen molar-refractivity contribution in [2.24, 2.45) is 0 Å². The van der Waals surface area contributed by atoms with E-state index in [0.29, 0.717) is 18.8 Å². The highest BCUT2D eigenvalue weighted by atomic mass is 19.1. The molecule has 0 fully saturated rings. The molecular weight excluding hydrogens is 329 g/mol. The number of aromatic nitrogens is 2. The van der Waals surface area contributed by atoms with Gasteiger partial charge in [-0.05, 0) is 37.6 Å². The second kappa shape index (κ2) is 8.15. The summed E-state index contributed by atoms with van der Waals surface area (Å²) in [6.07, 6.45) is 0. The highest BCUT2D eigenvalue weighted by molar-refractivity contribution is 5.34. The normalized spacial score (nSPS) is 10.9. The lowest BCUT2D eigenvalue weighted by Gasteiger charge is -2.10. The second-order valence-electron chi connectivity index (χ2n) is 6.35. The van der Waals surface area contributed by atoms with Crippen molar-refractivity contribution in [3.05, 3.63) is 82.4 Å². The standard InChI is InChI=1S/C21H24FN3O/c1-15-20(13-23-12-18-11-19(22)9-10-21(18)26-3)16(2)25(24-15)14-17-7-5-4-6-8-17/h4-11,23H,12-14H2,1-3H3. The van der Waals surface area contributed by atoms with Crippen molar-refractivity contribution in [2.75, 3.05) is 7.11 Å². The SMILES string of the molecule is COc1ccc(F)cc1CNCc1c(C)nn(Cc2ccccc2)c1C. The molecule has 0 amide bonds. The largest absolute Gasteiger partial charge is 0.496 e. The molecule has 0 saturated heterocycles. The molecule has 0 unspecified atom stereocenters. The monoisotopic (exact) mass is 353 g/mol. The zero-order valence-corrected chi connectivity index (χ0v) is 15.4. The Morgan fingerprint density at radius 3 is 2.58 bits per heavy atom. The smallest absolute Gasteiger partial charge is 0.123 e. The van der Waals surface area contributed by atoms with Crippen molar-refractivity contribution < 1.29 is 9.13 Å². The van der Waals surface area contributed by atoms with Gasteiger partial charge in [-0.15, -0.1) is 0 Å². The number of aryl methyl sites for hydroxylation is 1. The lowest BCUT2D eigenvalue weighted by Crippen LogP contribution is -2.15. The van der Waals surface area contributed by atoms with Gasteiger partial charge in [-0.1, -0.05) is 30.3 Å². The Morgan fingerprint density at radius 1 is 1.08 bits per heavy atom. The summed E-state index contributed by atoms with van der Waals surface area (Å²) < 4.78 is 20.8. The van der Waals surface area contributed by atoms with Crippen LogP contribution >= 0.6 is 0 Å². The molecule has 0 radical (unpaired) electrons. The van der Waals surface area contributed by atoms with Gasteiger partial charge in [-0.2, -0.15) is 5.10 Å². The Balaban J connectivity index is 1.68. The van der Waals surface area contributed by atoms with Crippen LogP contribution in [0.25, 0.3) is 0 Å². The fourth-order valence-electron chi connectivity index (χ4n) is 3.11. The molecule has 4 nitrogen and oxygen atoms in total. The zero-order chi connectivity index (χ0) is 18.5. The van der Waals surface area contributed by atoms with Gasteiger partial charge in [0.25, 0.3) is 0 Å². The molecule has 0 aliphatic rings. The average molecular weight is 353 g/mol. The van der Waals surface area contributed by atoms with E-state index >= 15 is 0 Å². The second-order valence-corrected chi connectivity index (χ2v) is 6.35. The summed E-state index contributed by atoms with van der Waals surface area (Å²) in [6, 6.07) is 14.9. The van der Waals surface area contributed by atoms with Gasteiger partial charge in [0.1, 0.15) is 11.6 Å². The minimum absolute atomic E-state index is 0.259. The quantitative estimate of drug-likeness (QED) is 0.698. The molecule has 3 aromatic rings. The first-order chi connectivity index (χ1) is 12.6. The van der Waals surface area contributed by atoms with E-state index in [9.17, 15) is 4.39 Å². The van der Waals surface area contributed by atoms with Crippen molar-refractivity contribution >= 4 is 0 Å². The summed E-state index contributed by atoms with van der Waals surface area (Å²) in [5, 5.41) is 8.05. The van der Waals surface area contributed by atoms with Crippen molar-refractivity contribution in [1.29, 1.82) is 0 Å². The maximum atomic E-state index is 13.5. The van der Waals surface area contributed by atoms with Crippen molar-refractivity contribution in [3.63, 3.8) is 0 Å². The van der Waals surface area contributed by atoms with Crippen LogP contribution in [0, 0.1) is 19.7 Å². The lowest BCUT2D eigenvalue weighted by atomic mass is 10.1. The molecule has 0 atom stereocenters. The van der Waals surface area contributed by atoms with Gasteiger partial charge >= 0.3 is 0 Å². The van der Waals surface area contributed by atoms with Gasteiger partial charge < -0.3 is 10.1 Å². The Labute approximate surface area is 153 Å². The molecule has 1 aromatic heterocycles. The molecule has 1 N–H and O–H groups in total. The summed E-state index contributed by atoms with van der Waals surface area (Å²) in [5.74, 6) is 0.428. The molecular formula is C21H24FN3O. The molecule has 2 aromatic carbocycles. The van der Waals surface area contributed by atoms with Gasteiger partial charge in [-0.3, -0.25) is 4.68 Å². The summed E-state index contributed by atoms with van der Waals surface area (Å²) in [4.78, 5) is 0. The van der Waals surface area contributed by atoms with Crippen LogP contribution in [0.15, 0.2) is 48.5 Å². The summed E-state index contributed by atoms with van der Waals surface area (Å²) in [7, 11) is 1.60. The summed E-state index contributed by atoms with van der Waals surface area (Å²) in [5.41, 5.74) is 5.36. The van der Waals surface area contributed by atoms with E-state index in [0.717, 1.165) is 23.5 Å². The van der Waals surface area contributed by atoms with Crippen LogP contribution in [-0.4, -0.2) is 16.9 Å². The fourth-order valence-corrected chi connectivity index (χ4v) is 3.11. The molecule has 1 heterocycles. The van der Waals surface area contributed by atoms with Crippen LogP contribution in [0.5, 0.6) is 5.75 Å². The first kappa shape index (κ1) is 18.1. The van der Waals surface area contributed by atoms with Gasteiger partial charge in [0, 0.05) is 29.9 Å². The van der Waals surface area contributed by atoms with Crippen LogP contribution in [0.3, 0.4) is 0 Å². The number of hydrogen-bond acceptors (Lipinski definition) is 3. The predicted molar refractivity (Wildman–Crippen MR) is 101 cm³/mol. The van der Waals surface area contributed by atoms with Gasteiger partial charge in [0.2, 0.25) is 0 Å². The van der Waals surface area contributed by atoms with Gasteiger partial charge in [0.05, 0.1) is 19.3 Å². The summed E-state index contributed by atoms with van der Waals surface area (Å²) >= 11 is 0. The van der Waals surface area contributed by atoms with E-state index in [1.54, 1.807) is 13.2 Å². The minimum atomic E-state index is -0.259. The van der Waals surface area contributed by atoms with E-state index < -0.39 is 0 Å². The number of nitrogens with zero attached hydrogens (tertiary/aromatic N) is 2. The topological polar surface area (TPSA) is 39.1 Å². The van der Waals surface area contributed by atoms with E-state index in [1.165, 1.54) is 23.3 Å². The molecule has 0 bridgehead atoms. The number of nitrogens with one attached hydrogen (secondary N) is 1. The highest BCUT2D eigenvalue weighted by Crippen LogP contribution is 2.20. The first-order valence-electron chi connectivity index (χ1n) is 8.68. The molecule has 0 spiro atoms. The molecule has 0 saturated carbocycles. The number of rotatable bonds is 7. The molecule has 0 aliphatic carbocycles. The summed E-state index contributed by atoms with van der Waals surface area (Å²) in [6.45, 7) is 6.07. The van der Waals surface area contributed by atoms with E-state index in [-0.39, 0.29) is 5.82 Å². The van der Waals surface area contributed by atoms with Crippen molar-refractivity contribution in [2.45, 2.75) is 33.5 Å². The minimum Gasteiger partial charge on any atom is -0.496 e. The average Bonchev–Trinajstić information content (AvgIpc) is 2.90. The zero-order valence-electron chi connectivity index (χ0n) is 15.4. The molecule has 5 heteroatoms. The van der Waals surface area contributed by atoms with E-state index in [2.05, 4.69) is 29.5 Å². The maximum Gasteiger partial charge on any atom is 0.123 e. The third-order valence-electron chi connectivity index (χ3n) is 4.57. The molecule has 0 aliphatic heterocycles. The van der Waals surface area contributed by atoms with Crippen molar-refractivity contribution in [1.82, 2.24) is 15.1 Å². The first-order valence-corrected chi connectivity index (χ1v) is 8.68. The van der Waals surface area contributed by atoms with Crippen molar-refractivity contribution in [3.8, 4) is 5.75 Å². The lowest BCUT2D eigenvalue weighted by molar-refractivity contribution is 0.406. The van der Waals surface area contributed by atoms with Gasteiger partial charge in [0.15, 0.2) is 0 Å². The maximum absolute atomic E-state index is 13.5.